The molecule has 168 valence electrons. The van der Waals surface area contributed by atoms with Crippen molar-refractivity contribution in [3.63, 3.8) is 0 Å². The molecule has 0 aliphatic rings. The Bertz CT molecular complexity index is 1060. The molecular weight excluding hydrogens is 470 g/mol. The van der Waals surface area contributed by atoms with Gasteiger partial charge in [-0.2, -0.15) is 0 Å². The van der Waals surface area contributed by atoms with Gasteiger partial charge in [0, 0.05) is 6.42 Å². The Labute approximate surface area is 207 Å². The lowest BCUT2D eigenvalue weighted by Gasteiger charge is -2.38. The standard InChI is InChI=1S/C28H25ClO2P.ClH/c1-31-27(30)28(29,22-23-14-6-2-7-15-23)32(24-16-8-3-9-17-24,25-18-10-4-11-19-25)26-20-12-5-13-21-26;/h2-21H,22H2,1H3;1H/q+1;/p-1. The number of hydrogen-bond donors (Lipinski definition) is 0. The normalized spacial score (nSPS) is 12.8. The highest BCUT2D eigenvalue weighted by atomic mass is 35.5. The summed E-state index contributed by atoms with van der Waals surface area (Å²) in [7, 11) is -1.31. The zero-order valence-corrected chi connectivity index (χ0v) is 20.7. The molecule has 1 atom stereocenters. The van der Waals surface area contributed by atoms with E-state index in [2.05, 4.69) is 36.4 Å². The van der Waals surface area contributed by atoms with E-state index in [1.807, 2.05) is 84.9 Å². The molecule has 0 bridgehead atoms. The fourth-order valence-electron chi connectivity index (χ4n) is 4.37. The summed E-state index contributed by atoms with van der Waals surface area (Å²) in [6, 6.07) is 40.4. The van der Waals surface area contributed by atoms with Crippen molar-refractivity contribution in [1.29, 1.82) is 0 Å². The smallest absolute Gasteiger partial charge is 0.367 e. The van der Waals surface area contributed by atoms with Crippen molar-refractivity contribution in [2.45, 2.75) is 11.0 Å². The maximum absolute atomic E-state index is 13.7. The number of rotatable bonds is 7. The molecule has 0 fully saturated rings. The summed E-state index contributed by atoms with van der Waals surface area (Å²) in [6.07, 6.45) is 0.342. The van der Waals surface area contributed by atoms with Gasteiger partial charge in [0.2, 0.25) is 0 Å². The molecular formula is C28H25Cl2O2P. The third kappa shape index (κ3) is 4.57. The van der Waals surface area contributed by atoms with E-state index in [0.717, 1.165) is 21.5 Å². The molecule has 0 spiro atoms. The van der Waals surface area contributed by atoms with Crippen LogP contribution >= 0.6 is 18.9 Å². The third-order valence-corrected chi connectivity index (χ3v) is 11.4. The van der Waals surface area contributed by atoms with Gasteiger partial charge in [0.15, 0.2) is 0 Å². The van der Waals surface area contributed by atoms with Gasteiger partial charge in [0.25, 0.3) is 4.62 Å². The zero-order chi connectivity index (χ0) is 22.4. The largest absolute Gasteiger partial charge is 1.00 e. The van der Waals surface area contributed by atoms with Crippen LogP contribution in [0.15, 0.2) is 121 Å². The number of carbonyl (C=O) groups excluding carboxylic acids is 1. The molecule has 4 aromatic carbocycles. The maximum atomic E-state index is 13.7. The van der Waals surface area contributed by atoms with Crippen molar-refractivity contribution in [1.82, 2.24) is 0 Å². The highest BCUT2D eigenvalue weighted by Gasteiger charge is 2.67. The molecule has 4 rings (SSSR count). The molecule has 4 aromatic rings. The molecule has 0 saturated heterocycles. The number of alkyl halides is 1. The van der Waals surface area contributed by atoms with E-state index < -0.39 is 17.8 Å². The van der Waals surface area contributed by atoms with Crippen LogP contribution in [0.3, 0.4) is 0 Å². The summed E-state index contributed by atoms with van der Waals surface area (Å²) in [6.45, 7) is 0. The second-order valence-corrected chi connectivity index (χ2v) is 12.2. The van der Waals surface area contributed by atoms with Crippen molar-refractivity contribution in [2.24, 2.45) is 0 Å². The summed E-state index contributed by atoms with van der Waals surface area (Å²) in [5.74, 6) is -0.423. The van der Waals surface area contributed by atoms with Crippen LogP contribution in [-0.2, 0) is 16.0 Å². The first kappa shape index (κ1) is 25.0. The molecule has 0 saturated carbocycles. The van der Waals surface area contributed by atoms with Gasteiger partial charge in [-0.25, -0.2) is 4.79 Å². The topological polar surface area (TPSA) is 26.3 Å². The number of ether oxygens (including phenoxy) is 1. The number of benzene rings is 4. The summed E-state index contributed by atoms with van der Waals surface area (Å²) >= 11 is 7.63. The van der Waals surface area contributed by atoms with E-state index in [4.69, 9.17) is 16.3 Å². The first-order chi connectivity index (χ1) is 15.6. The lowest BCUT2D eigenvalue weighted by atomic mass is 10.1. The zero-order valence-electron chi connectivity index (χ0n) is 18.3. The molecule has 0 radical (unpaired) electrons. The molecule has 0 aliphatic carbocycles. The van der Waals surface area contributed by atoms with Crippen molar-refractivity contribution in [3.8, 4) is 0 Å². The molecule has 2 nitrogen and oxygen atoms in total. The van der Waals surface area contributed by atoms with Gasteiger partial charge in [-0.3, -0.25) is 0 Å². The fraction of sp³-hybridized carbons (Fsp3) is 0.107. The Balaban J connectivity index is 0.00000306. The second kappa shape index (κ2) is 11.0. The quantitative estimate of drug-likeness (QED) is 0.224. The maximum Gasteiger partial charge on any atom is 0.367 e. The molecule has 33 heavy (non-hydrogen) atoms. The number of esters is 1. The Kier molecular flexibility index (Phi) is 8.32. The van der Waals surface area contributed by atoms with Crippen LogP contribution in [0.4, 0.5) is 0 Å². The summed E-state index contributed by atoms with van der Waals surface area (Å²) in [4.78, 5) is 13.7. The Hall–Kier alpha value is -2.64. The van der Waals surface area contributed by atoms with E-state index in [1.165, 1.54) is 7.11 Å². The third-order valence-electron chi connectivity index (χ3n) is 5.74. The van der Waals surface area contributed by atoms with E-state index in [1.54, 1.807) is 0 Å². The van der Waals surface area contributed by atoms with Gasteiger partial charge in [-0.05, 0) is 42.0 Å². The average molecular weight is 495 g/mol. The van der Waals surface area contributed by atoms with Crippen LogP contribution in [0.5, 0.6) is 0 Å². The van der Waals surface area contributed by atoms with Crippen molar-refractivity contribution in [3.05, 3.63) is 127 Å². The lowest BCUT2D eigenvalue weighted by molar-refractivity contribution is -0.141. The van der Waals surface area contributed by atoms with E-state index in [-0.39, 0.29) is 12.4 Å². The van der Waals surface area contributed by atoms with Gasteiger partial charge in [-0.15, -0.1) is 0 Å². The number of halogens is 2. The minimum absolute atomic E-state index is 0. The van der Waals surface area contributed by atoms with Gasteiger partial charge in [-0.1, -0.05) is 96.5 Å². The van der Waals surface area contributed by atoms with Crippen LogP contribution in [0.1, 0.15) is 5.56 Å². The molecule has 0 aliphatic heterocycles. The van der Waals surface area contributed by atoms with Gasteiger partial charge >= 0.3 is 5.97 Å². The van der Waals surface area contributed by atoms with Gasteiger partial charge < -0.3 is 17.1 Å². The predicted molar refractivity (Wildman–Crippen MR) is 136 cm³/mol. The number of hydrogen-bond acceptors (Lipinski definition) is 2. The Morgan fingerprint density at radius 2 is 1.03 bits per heavy atom. The summed E-state index contributed by atoms with van der Waals surface area (Å²) in [5, 5.41) is 3.11. The van der Waals surface area contributed by atoms with Gasteiger partial charge in [0.05, 0.1) is 7.11 Å². The molecule has 0 amide bonds. The monoisotopic (exact) mass is 494 g/mol. The lowest BCUT2D eigenvalue weighted by Crippen LogP contribution is -3.00. The summed E-state index contributed by atoms with van der Waals surface area (Å²) in [5.41, 5.74) is 0.986. The molecule has 1 unspecified atom stereocenters. The summed E-state index contributed by atoms with van der Waals surface area (Å²) < 4.78 is 4.07. The van der Waals surface area contributed by atoms with E-state index in [9.17, 15) is 4.79 Å². The predicted octanol–water partition coefficient (Wildman–Crippen LogP) is 2.34. The number of carbonyl (C=O) groups is 1. The van der Waals surface area contributed by atoms with Crippen LogP contribution < -0.4 is 28.3 Å². The van der Waals surface area contributed by atoms with Crippen LogP contribution in [0, 0.1) is 0 Å². The SMILES string of the molecule is COC(=O)C(Cl)(Cc1ccccc1)[P+](c1ccccc1)(c1ccccc1)c1ccccc1.[Cl-]. The first-order valence-corrected chi connectivity index (χ1v) is 12.7. The van der Waals surface area contributed by atoms with Gasteiger partial charge in [0.1, 0.15) is 23.2 Å². The molecule has 0 heterocycles. The van der Waals surface area contributed by atoms with Crippen LogP contribution in [0.2, 0.25) is 0 Å². The molecule has 0 aromatic heterocycles. The van der Waals surface area contributed by atoms with Crippen molar-refractivity contribution >= 4 is 40.7 Å². The second-order valence-electron chi connectivity index (χ2n) is 7.59. The van der Waals surface area contributed by atoms with Crippen molar-refractivity contribution < 1.29 is 21.9 Å². The minimum atomic E-state index is -2.72. The molecule has 0 N–H and O–H groups in total. The Morgan fingerprint density at radius 1 is 0.697 bits per heavy atom. The first-order valence-electron chi connectivity index (χ1n) is 10.5. The Morgan fingerprint density at radius 3 is 1.36 bits per heavy atom. The fourth-order valence-corrected chi connectivity index (χ4v) is 10.2. The van der Waals surface area contributed by atoms with E-state index in [0.29, 0.717) is 6.42 Å². The van der Waals surface area contributed by atoms with E-state index >= 15 is 0 Å². The molecule has 5 heteroatoms. The highest BCUT2D eigenvalue weighted by Crippen LogP contribution is 2.69. The highest BCUT2D eigenvalue weighted by molar-refractivity contribution is 7.98. The average Bonchev–Trinajstić information content (AvgIpc) is 2.86. The van der Waals surface area contributed by atoms with Crippen LogP contribution in [-0.4, -0.2) is 17.7 Å². The minimum Gasteiger partial charge on any atom is -1.00 e. The van der Waals surface area contributed by atoms with Crippen molar-refractivity contribution in [2.75, 3.05) is 7.11 Å². The number of methoxy groups -OCH3 is 1. The van der Waals surface area contributed by atoms with Crippen LogP contribution in [0.25, 0.3) is 0 Å².